The number of rotatable bonds is 5. The summed E-state index contributed by atoms with van der Waals surface area (Å²) in [6.45, 7) is -0.302. The summed E-state index contributed by atoms with van der Waals surface area (Å²) >= 11 is 0. The average molecular weight is 300 g/mol. The van der Waals surface area contributed by atoms with E-state index in [0.29, 0.717) is 6.42 Å². The predicted octanol–water partition coefficient (Wildman–Crippen LogP) is -1.25. The van der Waals surface area contributed by atoms with E-state index in [2.05, 4.69) is 0 Å². The maximum Gasteiger partial charge on any atom is 0.186 e. The zero-order chi connectivity index (χ0) is 15.4. The molecule has 1 aliphatic heterocycles. The first-order valence-electron chi connectivity index (χ1n) is 6.73. The largest absolute Gasteiger partial charge is 0.508 e. The van der Waals surface area contributed by atoms with Gasteiger partial charge >= 0.3 is 0 Å². The number of hydrogen-bond donors (Lipinski definition) is 5. The number of aliphatic hydroxyl groups excluding tert-OH is 4. The van der Waals surface area contributed by atoms with Crippen LogP contribution in [0.3, 0.4) is 0 Å². The van der Waals surface area contributed by atoms with Crippen molar-refractivity contribution in [2.24, 2.45) is 0 Å². The minimum atomic E-state index is -1.44. The zero-order valence-electron chi connectivity index (χ0n) is 11.4. The van der Waals surface area contributed by atoms with Crippen molar-refractivity contribution < 1.29 is 35.0 Å². The molecule has 0 saturated carbocycles. The van der Waals surface area contributed by atoms with Gasteiger partial charge in [0, 0.05) is 0 Å². The molecule has 21 heavy (non-hydrogen) atoms. The molecule has 0 amide bonds. The van der Waals surface area contributed by atoms with Crippen LogP contribution in [0.5, 0.6) is 5.75 Å². The molecule has 0 radical (unpaired) electrons. The minimum Gasteiger partial charge on any atom is -0.508 e. The fourth-order valence-electron chi connectivity index (χ4n) is 2.21. The second kappa shape index (κ2) is 7.17. The van der Waals surface area contributed by atoms with Gasteiger partial charge in [-0.15, -0.1) is 0 Å². The lowest BCUT2D eigenvalue weighted by atomic mass is 9.99. The summed E-state index contributed by atoms with van der Waals surface area (Å²) in [5.41, 5.74) is 0.847. The molecule has 1 aromatic rings. The van der Waals surface area contributed by atoms with Crippen molar-refractivity contribution in [3.63, 3.8) is 0 Å². The Kier molecular flexibility index (Phi) is 5.51. The monoisotopic (exact) mass is 300 g/mol. The standard InChI is InChI=1S/C14H20O7/c15-7-10-11(17)12(18)13(19)14(21-10)20-5-4-8-2-1-3-9(16)6-8/h1-3,6,10-19H,4-5,7H2/t10-,11-,12+,13-,14-/m1/s1. The third-order valence-corrected chi connectivity index (χ3v) is 3.43. The van der Waals surface area contributed by atoms with E-state index in [-0.39, 0.29) is 12.4 Å². The third kappa shape index (κ3) is 3.91. The van der Waals surface area contributed by atoms with Crippen molar-refractivity contribution in [1.82, 2.24) is 0 Å². The van der Waals surface area contributed by atoms with Crippen LogP contribution < -0.4 is 0 Å². The first-order valence-corrected chi connectivity index (χ1v) is 6.73. The average Bonchev–Trinajstić information content (AvgIpc) is 2.47. The summed E-state index contributed by atoms with van der Waals surface area (Å²) in [6.07, 6.45) is -5.86. The van der Waals surface area contributed by atoms with E-state index in [4.69, 9.17) is 14.6 Å². The van der Waals surface area contributed by atoms with Crippen LogP contribution in [0.25, 0.3) is 0 Å². The summed E-state index contributed by atoms with van der Waals surface area (Å²) in [5.74, 6) is 0.153. The number of phenols is 1. The van der Waals surface area contributed by atoms with Crippen LogP contribution in [-0.4, -0.2) is 69.5 Å². The van der Waals surface area contributed by atoms with E-state index in [9.17, 15) is 20.4 Å². The van der Waals surface area contributed by atoms with Crippen molar-refractivity contribution in [3.8, 4) is 5.75 Å². The molecule has 7 nitrogen and oxygen atoms in total. The van der Waals surface area contributed by atoms with Crippen molar-refractivity contribution in [2.45, 2.75) is 37.1 Å². The second-order valence-corrected chi connectivity index (χ2v) is 4.99. The van der Waals surface area contributed by atoms with Gasteiger partial charge in [-0.25, -0.2) is 0 Å². The Hall–Kier alpha value is -1.22. The van der Waals surface area contributed by atoms with E-state index in [0.717, 1.165) is 5.56 Å². The maximum absolute atomic E-state index is 9.78. The molecule has 1 fully saturated rings. The summed E-state index contributed by atoms with van der Waals surface area (Å²) in [5, 5.41) is 47.4. The zero-order valence-corrected chi connectivity index (χ0v) is 11.4. The van der Waals surface area contributed by atoms with Crippen LogP contribution in [-0.2, 0) is 15.9 Å². The molecule has 5 atom stereocenters. The van der Waals surface area contributed by atoms with Gasteiger partial charge in [-0.2, -0.15) is 0 Å². The fourth-order valence-corrected chi connectivity index (χ4v) is 2.21. The highest BCUT2D eigenvalue weighted by atomic mass is 16.7. The van der Waals surface area contributed by atoms with Crippen molar-refractivity contribution in [1.29, 1.82) is 0 Å². The number of hydrogen-bond acceptors (Lipinski definition) is 7. The molecule has 118 valence electrons. The number of phenolic OH excluding ortho intramolecular Hbond substituents is 1. The first kappa shape index (κ1) is 16.2. The molecule has 2 rings (SSSR count). The molecule has 0 aliphatic carbocycles. The van der Waals surface area contributed by atoms with Crippen molar-refractivity contribution in [2.75, 3.05) is 13.2 Å². The summed E-state index contributed by atoms with van der Waals surface area (Å²) in [6, 6.07) is 6.67. The van der Waals surface area contributed by atoms with E-state index in [1.54, 1.807) is 18.2 Å². The van der Waals surface area contributed by atoms with Gasteiger partial charge in [-0.1, -0.05) is 12.1 Å². The highest BCUT2D eigenvalue weighted by molar-refractivity contribution is 5.27. The highest BCUT2D eigenvalue weighted by Gasteiger charge is 2.43. The van der Waals surface area contributed by atoms with Crippen molar-refractivity contribution in [3.05, 3.63) is 29.8 Å². The molecule has 0 spiro atoms. The first-order chi connectivity index (χ1) is 10.0. The molecular weight excluding hydrogens is 280 g/mol. The number of benzene rings is 1. The SMILES string of the molecule is OC[C@H]1O[C@@H](OCCc2cccc(O)c2)[C@H](O)[C@@H](O)[C@@H]1O. The lowest BCUT2D eigenvalue weighted by Crippen LogP contribution is -2.59. The molecule has 1 aliphatic rings. The Bertz CT molecular complexity index is 451. The van der Waals surface area contributed by atoms with Crippen LogP contribution in [0.15, 0.2) is 24.3 Å². The van der Waals surface area contributed by atoms with Gasteiger partial charge in [0.1, 0.15) is 30.2 Å². The predicted molar refractivity (Wildman–Crippen MR) is 71.5 cm³/mol. The Labute approximate surface area is 122 Å². The number of aliphatic hydroxyl groups is 4. The second-order valence-electron chi connectivity index (χ2n) is 4.99. The van der Waals surface area contributed by atoms with Crippen LogP contribution in [0.4, 0.5) is 0 Å². The van der Waals surface area contributed by atoms with E-state index in [1.165, 1.54) is 0 Å². The minimum absolute atomic E-state index is 0.153. The van der Waals surface area contributed by atoms with Crippen LogP contribution in [0, 0.1) is 0 Å². The normalized spacial score (nSPS) is 33.0. The lowest BCUT2D eigenvalue weighted by molar-refractivity contribution is -0.300. The number of ether oxygens (including phenoxy) is 2. The molecule has 0 aromatic heterocycles. The highest BCUT2D eigenvalue weighted by Crippen LogP contribution is 2.22. The Morgan fingerprint density at radius 1 is 1.10 bits per heavy atom. The topological polar surface area (TPSA) is 120 Å². The van der Waals surface area contributed by atoms with Crippen LogP contribution >= 0.6 is 0 Å². The van der Waals surface area contributed by atoms with Gasteiger partial charge in [0.05, 0.1) is 13.2 Å². The molecule has 1 aromatic carbocycles. The molecule has 1 heterocycles. The van der Waals surface area contributed by atoms with Gasteiger partial charge in [-0.05, 0) is 24.1 Å². The molecule has 7 heteroatoms. The van der Waals surface area contributed by atoms with Gasteiger partial charge < -0.3 is 35.0 Å². The van der Waals surface area contributed by atoms with Crippen LogP contribution in [0.1, 0.15) is 5.56 Å². The van der Waals surface area contributed by atoms with Gasteiger partial charge in [0.15, 0.2) is 6.29 Å². The third-order valence-electron chi connectivity index (χ3n) is 3.43. The van der Waals surface area contributed by atoms with Gasteiger partial charge in [0.2, 0.25) is 0 Å². The maximum atomic E-state index is 9.78. The summed E-state index contributed by atoms with van der Waals surface area (Å²) in [7, 11) is 0. The molecule has 1 saturated heterocycles. The van der Waals surface area contributed by atoms with Crippen molar-refractivity contribution >= 4 is 0 Å². The Morgan fingerprint density at radius 3 is 2.52 bits per heavy atom. The molecule has 0 bridgehead atoms. The van der Waals surface area contributed by atoms with E-state index < -0.39 is 37.3 Å². The Balaban J connectivity index is 1.87. The summed E-state index contributed by atoms with van der Waals surface area (Å²) in [4.78, 5) is 0. The smallest absolute Gasteiger partial charge is 0.186 e. The Morgan fingerprint density at radius 2 is 1.86 bits per heavy atom. The molecule has 0 unspecified atom stereocenters. The quantitative estimate of drug-likeness (QED) is 0.461. The van der Waals surface area contributed by atoms with E-state index in [1.807, 2.05) is 6.07 Å². The molecular formula is C14H20O7. The lowest BCUT2D eigenvalue weighted by Gasteiger charge is -2.39. The van der Waals surface area contributed by atoms with Gasteiger partial charge in [0.25, 0.3) is 0 Å². The van der Waals surface area contributed by atoms with E-state index >= 15 is 0 Å². The molecule has 5 N–H and O–H groups in total. The van der Waals surface area contributed by atoms with Crippen LogP contribution in [0.2, 0.25) is 0 Å². The summed E-state index contributed by atoms with van der Waals surface area (Å²) < 4.78 is 10.6. The van der Waals surface area contributed by atoms with Gasteiger partial charge in [-0.3, -0.25) is 0 Å². The number of aromatic hydroxyl groups is 1. The fraction of sp³-hybridized carbons (Fsp3) is 0.571.